The van der Waals surface area contributed by atoms with Gasteiger partial charge in [0.15, 0.2) is 0 Å². The molecule has 2 saturated carbocycles. The second-order valence-electron chi connectivity index (χ2n) is 7.28. The summed E-state index contributed by atoms with van der Waals surface area (Å²) >= 11 is 0. The molecule has 0 aromatic rings. The summed E-state index contributed by atoms with van der Waals surface area (Å²) in [5.41, 5.74) is 0.214. The number of urea groups is 1. The number of carbonyl (C=O) groups is 1. The van der Waals surface area contributed by atoms with E-state index in [1.54, 1.807) is 0 Å². The Kier molecular flexibility index (Phi) is 3.38. The Morgan fingerprint density at radius 3 is 2.86 bits per heavy atom. The van der Waals surface area contributed by atoms with Crippen LogP contribution in [-0.2, 0) is 4.74 Å². The van der Waals surface area contributed by atoms with Crippen LogP contribution in [0.3, 0.4) is 0 Å². The van der Waals surface area contributed by atoms with E-state index in [9.17, 15) is 9.90 Å². The van der Waals surface area contributed by atoms with Crippen LogP contribution < -0.4 is 5.32 Å². The van der Waals surface area contributed by atoms with Gasteiger partial charge in [-0.3, -0.25) is 0 Å². The van der Waals surface area contributed by atoms with Gasteiger partial charge in [0.05, 0.1) is 18.8 Å². The first-order chi connectivity index (χ1) is 10.3. The monoisotopic (exact) mass is 294 g/mol. The zero-order chi connectivity index (χ0) is 14.4. The van der Waals surface area contributed by atoms with Crippen molar-refractivity contribution < 1.29 is 14.6 Å². The number of likely N-dealkylation sites (tertiary alicyclic amines) is 1. The van der Waals surface area contributed by atoms with Crippen LogP contribution in [0.5, 0.6) is 0 Å². The van der Waals surface area contributed by atoms with E-state index in [-0.39, 0.29) is 24.1 Å². The number of ether oxygens (including phenoxy) is 1. The van der Waals surface area contributed by atoms with Crippen molar-refractivity contribution in [3.05, 3.63) is 0 Å². The molecule has 2 heterocycles. The van der Waals surface area contributed by atoms with Crippen molar-refractivity contribution >= 4 is 6.03 Å². The maximum atomic E-state index is 12.6. The highest BCUT2D eigenvalue weighted by Crippen LogP contribution is 2.60. The summed E-state index contributed by atoms with van der Waals surface area (Å²) in [6.45, 7) is 1.71. The molecule has 5 nitrogen and oxygen atoms in total. The molecular formula is C16H26N2O3. The molecule has 4 unspecified atom stereocenters. The highest BCUT2D eigenvalue weighted by Gasteiger charge is 2.65. The summed E-state index contributed by atoms with van der Waals surface area (Å²) in [5, 5.41) is 12.7. The number of amides is 2. The summed E-state index contributed by atoms with van der Waals surface area (Å²) in [7, 11) is 0. The lowest BCUT2D eigenvalue weighted by Crippen LogP contribution is -2.69. The van der Waals surface area contributed by atoms with E-state index >= 15 is 0 Å². The van der Waals surface area contributed by atoms with Gasteiger partial charge in [0, 0.05) is 30.5 Å². The Bertz CT molecular complexity index is 422. The van der Waals surface area contributed by atoms with E-state index < -0.39 is 0 Å². The van der Waals surface area contributed by atoms with Crippen LogP contribution in [0.1, 0.15) is 44.9 Å². The topological polar surface area (TPSA) is 61.8 Å². The van der Waals surface area contributed by atoms with Gasteiger partial charge in [0.1, 0.15) is 0 Å². The van der Waals surface area contributed by atoms with Gasteiger partial charge in [-0.15, -0.1) is 0 Å². The Morgan fingerprint density at radius 2 is 2.10 bits per heavy atom. The summed E-state index contributed by atoms with van der Waals surface area (Å²) in [6, 6.07) is 0.341. The maximum absolute atomic E-state index is 12.6. The quantitative estimate of drug-likeness (QED) is 0.811. The Balaban J connectivity index is 1.47. The number of nitrogens with one attached hydrogen (secondary N) is 1. The maximum Gasteiger partial charge on any atom is 0.317 e. The van der Waals surface area contributed by atoms with Gasteiger partial charge in [-0.2, -0.15) is 0 Å². The van der Waals surface area contributed by atoms with Gasteiger partial charge in [-0.1, -0.05) is 12.8 Å². The van der Waals surface area contributed by atoms with Gasteiger partial charge in [-0.25, -0.2) is 4.79 Å². The predicted octanol–water partition coefficient (Wildman–Crippen LogP) is 1.50. The fraction of sp³-hybridized carbons (Fsp3) is 0.938. The number of hydrogen-bond donors (Lipinski definition) is 2. The Morgan fingerprint density at radius 1 is 1.29 bits per heavy atom. The van der Waals surface area contributed by atoms with E-state index in [4.69, 9.17) is 4.74 Å². The number of nitrogens with zero attached hydrogens (tertiary/aromatic N) is 1. The van der Waals surface area contributed by atoms with Crippen LogP contribution >= 0.6 is 0 Å². The van der Waals surface area contributed by atoms with E-state index in [0.29, 0.717) is 18.1 Å². The molecule has 0 bridgehead atoms. The van der Waals surface area contributed by atoms with E-state index in [2.05, 4.69) is 5.32 Å². The van der Waals surface area contributed by atoms with Crippen molar-refractivity contribution in [3.8, 4) is 0 Å². The Hall–Kier alpha value is -0.810. The lowest BCUT2D eigenvalue weighted by atomic mass is 9.54. The van der Waals surface area contributed by atoms with Gasteiger partial charge >= 0.3 is 6.03 Å². The number of aliphatic hydroxyl groups excluding tert-OH is 1. The fourth-order valence-corrected chi connectivity index (χ4v) is 5.41. The standard InChI is InChI=1S/C16H26N2O3/c19-10-11-4-3-8-18(11)15(20)17-13-12-5-9-21-14(12)16(13)6-1-2-7-16/h11-14,19H,1-10H2,(H,17,20). The molecule has 0 radical (unpaired) electrons. The highest BCUT2D eigenvalue weighted by atomic mass is 16.5. The smallest absolute Gasteiger partial charge is 0.317 e. The zero-order valence-electron chi connectivity index (χ0n) is 12.6. The van der Waals surface area contributed by atoms with Crippen LogP contribution in [0.15, 0.2) is 0 Å². The molecule has 2 N–H and O–H groups in total. The lowest BCUT2D eigenvalue weighted by Gasteiger charge is -2.57. The van der Waals surface area contributed by atoms with Crippen molar-refractivity contribution in [1.82, 2.24) is 10.2 Å². The van der Waals surface area contributed by atoms with Gasteiger partial charge < -0.3 is 20.1 Å². The normalized spacial score (nSPS) is 40.3. The molecule has 2 aliphatic heterocycles. The summed E-state index contributed by atoms with van der Waals surface area (Å²) in [4.78, 5) is 14.4. The van der Waals surface area contributed by atoms with Crippen LogP contribution in [-0.4, -0.2) is 54.0 Å². The SMILES string of the molecule is O=C(NC1C2CCOC2C12CCCC2)N1CCCC1CO. The predicted molar refractivity (Wildman–Crippen MR) is 77.9 cm³/mol. The van der Waals surface area contributed by atoms with E-state index in [1.807, 2.05) is 4.90 Å². The molecule has 2 saturated heterocycles. The third-order valence-electron chi connectivity index (χ3n) is 6.41. The average Bonchev–Trinajstić information content (AvgIpc) is 3.21. The van der Waals surface area contributed by atoms with Crippen molar-refractivity contribution in [3.63, 3.8) is 0 Å². The number of fused-ring (bicyclic) bond motifs is 2. The van der Waals surface area contributed by atoms with Crippen molar-refractivity contribution in [1.29, 1.82) is 0 Å². The Labute approximate surface area is 126 Å². The van der Waals surface area contributed by atoms with Gasteiger partial charge in [-0.05, 0) is 32.1 Å². The fourth-order valence-electron chi connectivity index (χ4n) is 5.41. The summed E-state index contributed by atoms with van der Waals surface area (Å²) < 4.78 is 5.96. The molecular weight excluding hydrogens is 268 g/mol. The molecule has 21 heavy (non-hydrogen) atoms. The molecule has 4 aliphatic rings. The van der Waals surface area contributed by atoms with Crippen LogP contribution in [0.2, 0.25) is 0 Å². The molecule has 2 amide bonds. The minimum Gasteiger partial charge on any atom is -0.394 e. The molecule has 1 spiro atoms. The lowest BCUT2D eigenvalue weighted by molar-refractivity contribution is -0.127. The molecule has 0 aromatic heterocycles. The first-order valence-electron chi connectivity index (χ1n) is 8.56. The minimum absolute atomic E-state index is 0.0141. The van der Waals surface area contributed by atoms with Gasteiger partial charge in [0.2, 0.25) is 0 Å². The first kappa shape index (κ1) is 13.8. The van der Waals surface area contributed by atoms with Gasteiger partial charge in [0.25, 0.3) is 0 Å². The third kappa shape index (κ3) is 1.93. The molecule has 0 aromatic carbocycles. The molecule has 4 fully saturated rings. The highest BCUT2D eigenvalue weighted by molar-refractivity contribution is 5.75. The number of rotatable bonds is 2. The van der Waals surface area contributed by atoms with Crippen molar-refractivity contribution in [2.24, 2.45) is 11.3 Å². The second-order valence-corrected chi connectivity index (χ2v) is 7.28. The molecule has 5 heteroatoms. The van der Waals surface area contributed by atoms with E-state index in [1.165, 1.54) is 25.7 Å². The number of carbonyl (C=O) groups excluding carboxylic acids is 1. The number of hydrogen-bond acceptors (Lipinski definition) is 3. The van der Waals surface area contributed by atoms with Crippen LogP contribution in [0.4, 0.5) is 4.79 Å². The molecule has 2 aliphatic carbocycles. The minimum atomic E-state index is 0.0141. The molecule has 4 atom stereocenters. The summed E-state index contributed by atoms with van der Waals surface area (Å²) in [5.74, 6) is 0.516. The van der Waals surface area contributed by atoms with Crippen molar-refractivity contribution in [2.75, 3.05) is 19.8 Å². The first-order valence-corrected chi connectivity index (χ1v) is 8.56. The average molecular weight is 294 g/mol. The molecule has 4 rings (SSSR count). The second kappa shape index (κ2) is 5.13. The summed E-state index contributed by atoms with van der Waals surface area (Å²) in [6.07, 6.45) is 8.33. The number of aliphatic hydroxyl groups is 1. The van der Waals surface area contributed by atoms with Crippen molar-refractivity contribution in [2.45, 2.75) is 63.1 Å². The molecule has 118 valence electrons. The third-order valence-corrected chi connectivity index (χ3v) is 6.41. The zero-order valence-corrected chi connectivity index (χ0v) is 12.6. The van der Waals surface area contributed by atoms with E-state index in [0.717, 1.165) is 32.4 Å². The van der Waals surface area contributed by atoms with Crippen LogP contribution in [0.25, 0.3) is 0 Å². The largest absolute Gasteiger partial charge is 0.394 e. The van der Waals surface area contributed by atoms with Crippen LogP contribution in [0, 0.1) is 11.3 Å².